The first-order chi connectivity index (χ1) is 8.67. The van der Waals surface area contributed by atoms with Crippen molar-refractivity contribution in [3.05, 3.63) is 17.8 Å². The zero-order valence-electron chi connectivity index (χ0n) is 11.0. The normalized spacial score (nSPS) is 10.6. The zero-order valence-corrected chi connectivity index (χ0v) is 11.0. The van der Waals surface area contributed by atoms with Crippen LogP contribution in [0.5, 0.6) is 0 Å². The molecule has 1 heterocycles. The highest BCUT2D eigenvalue weighted by Gasteiger charge is 2.07. The molecule has 3 N–H and O–H groups in total. The first kappa shape index (κ1) is 14.4. The Kier molecular flexibility index (Phi) is 6.07. The fourth-order valence-corrected chi connectivity index (χ4v) is 1.60. The van der Waals surface area contributed by atoms with Crippen molar-refractivity contribution in [3.8, 4) is 0 Å². The van der Waals surface area contributed by atoms with E-state index >= 15 is 0 Å². The van der Waals surface area contributed by atoms with Gasteiger partial charge in [-0.3, -0.25) is 4.79 Å². The topological polar surface area (TPSA) is 84.1 Å². The van der Waals surface area contributed by atoms with E-state index in [4.69, 9.17) is 5.73 Å². The first-order valence-electron chi connectivity index (χ1n) is 6.27. The molecule has 0 bridgehead atoms. The van der Waals surface area contributed by atoms with Gasteiger partial charge in [0.25, 0.3) is 5.91 Å². The fraction of sp³-hybridized carbons (Fsp3) is 0.583. The highest BCUT2D eigenvalue weighted by atomic mass is 16.1. The van der Waals surface area contributed by atoms with E-state index in [1.54, 1.807) is 12.1 Å². The minimum atomic E-state index is -0.206. The van der Waals surface area contributed by atoms with Crippen LogP contribution < -0.4 is 11.1 Å². The van der Waals surface area contributed by atoms with Crippen molar-refractivity contribution >= 4 is 11.7 Å². The van der Waals surface area contributed by atoms with Crippen LogP contribution in [0, 0.1) is 0 Å². The van der Waals surface area contributed by atoms with Crippen LogP contribution >= 0.6 is 0 Å². The van der Waals surface area contributed by atoms with Gasteiger partial charge in [-0.15, -0.1) is 10.2 Å². The van der Waals surface area contributed by atoms with E-state index in [-0.39, 0.29) is 5.91 Å². The molecule has 1 rings (SSSR count). The van der Waals surface area contributed by atoms with Gasteiger partial charge in [0.05, 0.1) is 0 Å². The van der Waals surface area contributed by atoms with Gasteiger partial charge < -0.3 is 16.0 Å². The second-order valence-corrected chi connectivity index (χ2v) is 3.98. The molecule has 6 nitrogen and oxygen atoms in total. The van der Waals surface area contributed by atoms with Crippen LogP contribution in [0.2, 0.25) is 0 Å². The molecule has 0 aliphatic heterocycles. The summed E-state index contributed by atoms with van der Waals surface area (Å²) in [7, 11) is 0. The standard InChI is InChI=1S/C12H21N5O/c1-3-17(4-2)9-5-8-14-12(18)10-6-7-11(13)16-15-10/h6-7H,3-5,8-9H2,1-2H3,(H2,13,16)(H,14,18). The molecule has 1 amide bonds. The van der Waals surface area contributed by atoms with Crippen LogP contribution in [0.15, 0.2) is 12.1 Å². The molecule has 100 valence electrons. The lowest BCUT2D eigenvalue weighted by Gasteiger charge is -2.17. The van der Waals surface area contributed by atoms with Gasteiger partial charge in [0.15, 0.2) is 5.69 Å². The summed E-state index contributed by atoms with van der Waals surface area (Å²) in [6, 6.07) is 3.14. The zero-order chi connectivity index (χ0) is 13.4. The molecular weight excluding hydrogens is 230 g/mol. The van der Waals surface area contributed by atoms with Gasteiger partial charge >= 0.3 is 0 Å². The second-order valence-electron chi connectivity index (χ2n) is 3.98. The molecule has 1 aromatic rings. The maximum Gasteiger partial charge on any atom is 0.271 e. The fourth-order valence-electron chi connectivity index (χ4n) is 1.60. The molecule has 0 aliphatic rings. The number of nitrogens with two attached hydrogens (primary N) is 1. The number of rotatable bonds is 7. The van der Waals surface area contributed by atoms with Crippen molar-refractivity contribution < 1.29 is 4.79 Å². The Balaban J connectivity index is 2.27. The molecular formula is C12H21N5O. The molecule has 0 saturated carbocycles. The van der Waals surface area contributed by atoms with Crippen molar-refractivity contribution in [2.24, 2.45) is 0 Å². The van der Waals surface area contributed by atoms with E-state index in [0.29, 0.717) is 18.1 Å². The molecule has 6 heteroatoms. The number of amides is 1. The quantitative estimate of drug-likeness (QED) is 0.690. The molecule has 18 heavy (non-hydrogen) atoms. The Bertz CT molecular complexity index is 361. The van der Waals surface area contributed by atoms with Gasteiger partial charge in [-0.05, 0) is 38.2 Å². The number of carbonyl (C=O) groups excluding carboxylic acids is 1. The summed E-state index contributed by atoms with van der Waals surface area (Å²) in [5, 5.41) is 10.2. The SMILES string of the molecule is CCN(CC)CCCNC(=O)c1ccc(N)nn1. The summed E-state index contributed by atoms with van der Waals surface area (Å²) in [6.45, 7) is 7.96. The van der Waals surface area contributed by atoms with Crippen LogP contribution in [-0.4, -0.2) is 47.2 Å². The van der Waals surface area contributed by atoms with Gasteiger partial charge in [0, 0.05) is 6.54 Å². The Morgan fingerprint density at radius 2 is 2.06 bits per heavy atom. The molecule has 0 aromatic carbocycles. The Labute approximate surface area is 108 Å². The summed E-state index contributed by atoms with van der Waals surface area (Å²) in [6.07, 6.45) is 0.926. The molecule has 1 aromatic heterocycles. The number of hydrogen-bond donors (Lipinski definition) is 2. The average molecular weight is 251 g/mol. The van der Waals surface area contributed by atoms with E-state index in [1.165, 1.54) is 0 Å². The van der Waals surface area contributed by atoms with Crippen molar-refractivity contribution in [1.29, 1.82) is 0 Å². The van der Waals surface area contributed by atoms with Gasteiger partial charge in [-0.2, -0.15) is 0 Å². The third-order valence-corrected chi connectivity index (χ3v) is 2.75. The van der Waals surface area contributed by atoms with E-state index in [1.807, 2.05) is 0 Å². The maximum absolute atomic E-state index is 11.7. The number of hydrogen-bond acceptors (Lipinski definition) is 5. The second kappa shape index (κ2) is 7.60. The molecule has 0 atom stereocenters. The van der Waals surface area contributed by atoms with Crippen LogP contribution in [0.4, 0.5) is 5.82 Å². The van der Waals surface area contributed by atoms with E-state index in [9.17, 15) is 4.79 Å². The summed E-state index contributed by atoms with van der Waals surface area (Å²) in [4.78, 5) is 14.0. The van der Waals surface area contributed by atoms with Crippen LogP contribution in [0.1, 0.15) is 30.8 Å². The maximum atomic E-state index is 11.7. The third-order valence-electron chi connectivity index (χ3n) is 2.75. The molecule has 0 fully saturated rings. The molecule has 0 unspecified atom stereocenters. The molecule has 0 saturated heterocycles. The lowest BCUT2D eigenvalue weighted by Crippen LogP contribution is -2.30. The van der Waals surface area contributed by atoms with Gasteiger partial charge in [-0.1, -0.05) is 13.8 Å². The summed E-state index contributed by atoms with van der Waals surface area (Å²) < 4.78 is 0. The highest BCUT2D eigenvalue weighted by Crippen LogP contribution is 1.97. The van der Waals surface area contributed by atoms with Crippen molar-refractivity contribution in [2.45, 2.75) is 20.3 Å². The van der Waals surface area contributed by atoms with Crippen LogP contribution in [0.3, 0.4) is 0 Å². The van der Waals surface area contributed by atoms with E-state index < -0.39 is 0 Å². The summed E-state index contributed by atoms with van der Waals surface area (Å²) in [5.74, 6) is 0.107. The Morgan fingerprint density at radius 3 is 2.61 bits per heavy atom. The molecule has 0 radical (unpaired) electrons. The number of carbonyl (C=O) groups is 1. The van der Waals surface area contributed by atoms with Crippen molar-refractivity contribution in [1.82, 2.24) is 20.4 Å². The summed E-state index contributed by atoms with van der Waals surface area (Å²) >= 11 is 0. The minimum absolute atomic E-state index is 0.206. The average Bonchev–Trinajstić information content (AvgIpc) is 2.39. The van der Waals surface area contributed by atoms with E-state index in [0.717, 1.165) is 26.1 Å². The van der Waals surface area contributed by atoms with Gasteiger partial charge in [-0.25, -0.2) is 0 Å². The number of aromatic nitrogens is 2. The van der Waals surface area contributed by atoms with Crippen LogP contribution in [-0.2, 0) is 0 Å². The van der Waals surface area contributed by atoms with Gasteiger partial charge in [0.1, 0.15) is 5.82 Å². The summed E-state index contributed by atoms with van der Waals surface area (Å²) in [5.41, 5.74) is 5.70. The van der Waals surface area contributed by atoms with E-state index in [2.05, 4.69) is 34.3 Å². The highest BCUT2D eigenvalue weighted by molar-refractivity contribution is 5.92. The molecule has 0 spiro atoms. The number of nitrogen functional groups attached to an aromatic ring is 1. The van der Waals surface area contributed by atoms with Crippen molar-refractivity contribution in [3.63, 3.8) is 0 Å². The first-order valence-corrected chi connectivity index (χ1v) is 6.27. The predicted molar refractivity (Wildman–Crippen MR) is 71.2 cm³/mol. The number of nitrogens with one attached hydrogen (secondary N) is 1. The minimum Gasteiger partial charge on any atom is -0.382 e. The molecule has 0 aliphatic carbocycles. The lowest BCUT2D eigenvalue weighted by atomic mass is 10.3. The lowest BCUT2D eigenvalue weighted by molar-refractivity contribution is 0.0946. The van der Waals surface area contributed by atoms with Gasteiger partial charge in [0.2, 0.25) is 0 Å². The third kappa shape index (κ3) is 4.67. The predicted octanol–water partition coefficient (Wildman–Crippen LogP) is 0.521. The Morgan fingerprint density at radius 1 is 1.33 bits per heavy atom. The number of nitrogens with zero attached hydrogens (tertiary/aromatic N) is 3. The van der Waals surface area contributed by atoms with Crippen molar-refractivity contribution in [2.75, 3.05) is 31.9 Å². The Hall–Kier alpha value is -1.69. The number of anilines is 1. The largest absolute Gasteiger partial charge is 0.382 e. The smallest absolute Gasteiger partial charge is 0.271 e. The monoisotopic (exact) mass is 251 g/mol. The van der Waals surface area contributed by atoms with Crippen LogP contribution in [0.25, 0.3) is 0 Å².